The summed E-state index contributed by atoms with van der Waals surface area (Å²) in [5.74, 6) is -0.427. The number of nitrogens with one attached hydrogen (secondary N) is 1. The molecule has 0 unspecified atom stereocenters. The standard InChI is InChI=1S/C12H17N3O3S/c1-8-7-19-12(13-8)14-11(17)9-5-10(16)15(6-9)3-4-18-2/h7,9H,3-6H2,1-2H3,(H,13,14,17)/t9-/m1/s1. The Balaban J connectivity index is 1.89. The van der Waals surface area contributed by atoms with Crippen molar-refractivity contribution in [3.05, 3.63) is 11.1 Å². The van der Waals surface area contributed by atoms with Crippen molar-refractivity contribution in [3.8, 4) is 0 Å². The highest BCUT2D eigenvalue weighted by molar-refractivity contribution is 7.13. The van der Waals surface area contributed by atoms with Crippen LogP contribution in [-0.4, -0.2) is 48.5 Å². The minimum Gasteiger partial charge on any atom is -0.383 e. The van der Waals surface area contributed by atoms with Crippen molar-refractivity contribution in [2.24, 2.45) is 5.92 Å². The molecule has 1 fully saturated rings. The fourth-order valence-electron chi connectivity index (χ4n) is 1.98. The molecule has 1 atom stereocenters. The Bertz CT molecular complexity index is 475. The number of hydrogen-bond donors (Lipinski definition) is 1. The number of hydrogen-bond acceptors (Lipinski definition) is 5. The van der Waals surface area contributed by atoms with E-state index in [9.17, 15) is 9.59 Å². The summed E-state index contributed by atoms with van der Waals surface area (Å²) in [6, 6.07) is 0. The van der Waals surface area contributed by atoms with Crippen LogP contribution in [0.25, 0.3) is 0 Å². The predicted molar refractivity (Wildman–Crippen MR) is 72.0 cm³/mol. The van der Waals surface area contributed by atoms with E-state index in [0.717, 1.165) is 5.69 Å². The number of likely N-dealkylation sites (tertiary alicyclic amines) is 1. The molecule has 1 aromatic heterocycles. The van der Waals surface area contributed by atoms with Gasteiger partial charge in [-0.15, -0.1) is 11.3 Å². The summed E-state index contributed by atoms with van der Waals surface area (Å²) in [6.45, 7) is 3.36. The Hall–Kier alpha value is -1.47. The third-order valence-corrected chi connectivity index (χ3v) is 3.88. The molecular formula is C12H17N3O3S. The molecule has 2 amide bonds. The zero-order valence-electron chi connectivity index (χ0n) is 11.0. The average Bonchev–Trinajstić information content (AvgIpc) is 2.93. The summed E-state index contributed by atoms with van der Waals surface area (Å²) >= 11 is 1.39. The Morgan fingerprint density at radius 3 is 3.11 bits per heavy atom. The van der Waals surface area contributed by atoms with Crippen molar-refractivity contribution < 1.29 is 14.3 Å². The molecule has 19 heavy (non-hydrogen) atoms. The summed E-state index contributed by atoms with van der Waals surface area (Å²) in [5, 5.41) is 5.22. The summed E-state index contributed by atoms with van der Waals surface area (Å²) in [7, 11) is 1.59. The second-order valence-corrected chi connectivity index (χ2v) is 5.37. The lowest BCUT2D eigenvalue weighted by Crippen LogP contribution is -2.30. The van der Waals surface area contributed by atoms with Crippen molar-refractivity contribution in [1.82, 2.24) is 9.88 Å². The monoisotopic (exact) mass is 283 g/mol. The Morgan fingerprint density at radius 2 is 2.47 bits per heavy atom. The van der Waals surface area contributed by atoms with Gasteiger partial charge in [-0.05, 0) is 6.92 Å². The lowest BCUT2D eigenvalue weighted by Gasteiger charge is -2.15. The zero-order valence-corrected chi connectivity index (χ0v) is 11.8. The molecule has 0 saturated carbocycles. The van der Waals surface area contributed by atoms with E-state index in [1.807, 2.05) is 12.3 Å². The largest absolute Gasteiger partial charge is 0.383 e. The molecule has 1 aliphatic heterocycles. The third kappa shape index (κ3) is 3.51. The molecule has 104 valence electrons. The number of ether oxygens (including phenoxy) is 1. The number of carbonyl (C=O) groups is 2. The number of aryl methyl sites for hydroxylation is 1. The number of carbonyl (C=O) groups excluding carboxylic acids is 2. The predicted octanol–water partition coefficient (Wildman–Crippen LogP) is 0.885. The van der Waals surface area contributed by atoms with Crippen LogP contribution in [0.1, 0.15) is 12.1 Å². The highest BCUT2D eigenvalue weighted by Crippen LogP contribution is 2.21. The van der Waals surface area contributed by atoms with E-state index in [1.54, 1.807) is 12.0 Å². The number of thiazole rings is 1. The molecule has 6 nitrogen and oxygen atoms in total. The molecule has 7 heteroatoms. The fourth-order valence-corrected chi connectivity index (χ4v) is 2.68. The number of rotatable bonds is 5. The van der Waals surface area contributed by atoms with Crippen LogP contribution >= 0.6 is 11.3 Å². The van der Waals surface area contributed by atoms with Gasteiger partial charge in [0.25, 0.3) is 0 Å². The summed E-state index contributed by atoms with van der Waals surface area (Å²) in [6.07, 6.45) is 0.264. The summed E-state index contributed by atoms with van der Waals surface area (Å²) < 4.78 is 4.94. The van der Waals surface area contributed by atoms with Gasteiger partial charge in [0.2, 0.25) is 11.8 Å². The van der Waals surface area contributed by atoms with Crippen LogP contribution in [0.2, 0.25) is 0 Å². The van der Waals surface area contributed by atoms with Gasteiger partial charge in [-0.25, -0.2) is 4.98 Å². The Labute approximate surface area is 115 Å². The van der Waals surface area contributed by atoms with Crippen LogP contribution < -0.4 is 5.32 Å². The van der Waals surface area contributed by atoms with Crippen molar-refractivity contribution in [2.45, 2.75) is 13.3 Å². The van der Waals surface area contributed by atoms with E-state index in [4.69, 9.17) is 4.74 Å². The molecule has 0 radical (unpaired) electrons. The molecule has 0 bridgehead atoms. The lowest BCUT2D eigenvalue weighted by molar-refractivity contribution is -0.128. The highest BCUT2D eigenvalue weighted by Gasteiger charge is 2.34. The van der Waals surface area contributed by atoms with E-state index in [-0.39, 0.29) is 24.2 Å². The number of aromatic nitrogens is 1. The van der Waals surface area contributed by atoms with Gasteiger partial charge in [-0.1, -0.05) is 0 Å². The van der Waals surface area contributed by atoms with Crippen LogP contribution in [-0.2, 0) is 14.3 Å². The van der Waals surface area contributed by atoms with Gasteiger partial charge in [0.05, 0.1) is 18.2 Å². The van der Waals surface area contributed by atoms with Crippen molar-refractivity contribution in [3.63, 3.8) is 0 Å². The molecule has 1 aliphatic rings. The van der Waals surface area contributed by atoms with Crippen LogP contribution in [0.4, 0.5) is 5.13 Å². The van der Waals surface area contributed by atoms with Gasteiger partial charge >= 0.3 is 0 Å². The SMILES string of the molecule is COCCN1C[C@H](C(=O)Nc2nc(C)cs2)CC1=O. The number of nitrogens with zero attached hydrogens (tertiary/aromatic N) is 2. The van der Waals surface area contributed by atoms with Crippen molar-refractivity contribution >= 4 is 28.3 Å². The molecule has 1 saturated heterocycles. The van der Waals surface area contributed by atoms with Crippen molar-refractivity contribution in [1.29, 1.82) is 0 Å². The van der Waals surface area contributed by atoms with Crippen LogP contribution in [0, 0.1) is 12.8 Å². The third-order valence-electron chi connectivity index (χ3n) is 3.00. The first kappa shape index (κ1) is 14.0. The first-order chi connectivity index (χ1) is 9.10. The minimum atomic E-state index is -0.298. The maximum atomic E-state index is 12.0. The van der Waals surface area contributed by atoms with Gasteiger partial charge in [0.1, 0.15) is 0 Å². The first-order valence-electron chi connectivity index (χ1n) is 6.10. The molecule has 0 aromatic carbocycles. The van der Waals surface area contributed by atoms with E-state index in [0.29, 0.717) is 24.8 Å². The van der Waals surface area contributed by atoms with E-state index >= 15 is 0 Å². The zero-order chi connectivity index (χ0) is 13.8. The lowest BCUT2D eigenvalue weighted by atomic mass is 10.1. The molecule has 1 N–H and O–H groups in total. The van der Waals surface area contributed by atoms with Gasteiger partial charge in [-0.3, -0.25) is 9.59 Å². The number of methoxy groups -OCH3 is 1. The highest BCUT2D eigenvalue weighted by atomic mass is 32.1. The van der Waals surface area contributed by atoms with E-state index in [1.165, 1.54) is 11.3 Å². The maximum absolute atomic E-state index is 12.0. The molecule has 2 heterocycles. The Morgan fingerprint density at radius 1 is 1.68 bits per heavy atom. The maximum Gasteiger partial charge on any atom is 0.231 e. The first-order valence-corrected chi connectivity index (χ1v) is 6.98. The average molecular weight is 283 g/mol. The van der Waals surface area contributed by atoms with E-state index < -0.39 is 0 Å². The number of amides is 2. The van der Waals surface area contributed by atoms with Crippen LogP contribution in [0.3, 0.4) is 0 Å². The topological polar surface area (TPSA) is 71.5 Å². The second kappa shape index (κ2) is 6.12. The van der Waals surface area contributed by atoms with Crippen LogP contribution in [0.5, 0.6) is 0 Å². The smallest absolute Gasteiger partial charge is 0.231 e. The van der Waals surface area contributed by atoms with Gasteiger partial charge in [-0.2, -0.15) is 0 Å². The van der Waals surface area contributed by atoms with Gasteiger partial charge < -0.3 is 15.0 Å². The Kier molecular flexibility index (Phi) is 4.49. The molecular weight excluding hydrogens is 266 g/mol. The molecule has 1 aromatic rings. The fraction of sp³-hybridized carbons (Fsp3) is 0.583. The van der Waals surface area contributed by atoms with Gasteiger partial charge in [0.15, 0.2) is 5.13 Å². The molecule has 0 aliphatic carbocycles. The minimum absolute atomic E-state index is 0.00696. The quantitative estimate of drug-likeness (QED) is 0.871. The van der Waals surface area contributed by atoms with Gasteiger partial charge in [0, 0.05) is 32.0 Å². The summed E-state index contributed by atoms with van der Waals surface area (Å²) in [5.41, 5.74) is 0.879. The summed E-state index contributed by atoms with van der Waals surface area (Å²) in [4.78, 5) is 29.6. The second-order valence-electron chi connectivity index (χ2n) is 4.52. The van der Waals surface area contributed by atoms with E-state index in [2.05, 4.69) is 10.3 Å². The van der Waals surface area contributed by atoms with Crippen LogP contribution in [0.15, 0.2) is 5.38 Å². The molecule has 0 spiro atoms. The normalized spacial score (nSPS) is 18.9. The molecule has 2 rings (SSSR count). The van der Waals surface area contributed by atoms with Crippen molar-refractivity contribution in [2.75, 3.05) is 32.1 Å². The number of anilines is 1.